The number of hydrogen-bond donors (Lipinski definition) is 1. The van der Waals surface area contributed by atoms with Gasteiger partial charge in [0.1, 0.15) is 11.5 Å². The first-order valence-electron chi connectivity index (χ1n) is 7.59. The third kappa shape index (κ3) is 6.29. The molecule has 0 aromatic heterocycles. The second-order valence-corrected chi connectivity index (χ2v) is 5.59. The highest BCUT2D eigenvalue weighted by Gasteiger charge is 2.04. The Morgan fingerprint density at radius 1 is 1.05 bits per heavy atom. The first-order chi connectivity index (χ1) is 9.67. The van der Waals surface area contributed by atoms with Crippen LogP contribution in [-0.4, -0.2) is 27.3 Å². The Balaban J connectivity index is 2.27. The summed E-state index contributed by atoms with van der Waals surface area (Å²) in [6.45, 7) is 6.71. The highest BCUT2D eigenvalue weighted by atomic mass is 16.5. The number of ether oxygens (including phenoxy) is 2. The van der Waals surface area contributed by atoms with Crippen LogP contribution in [-0.2, 0) is 6.42 Å². The Bertz CT molecular complexity index is 377. The lowest BCUT2D eigenvalue weighted by Gasteiger charge is -2.11. The number of benzene rings is 1. The van der Waals surface area contributed by atoms with E-state index in [-0.39, 0.29) is 0 Å². The van der Waals surface area contributed by atoms with Crippen molar-refractivity contribution < 1.29 is 9.47 Å². The van der Waals surface area contributed by atoms with E-state index in [1.165, 1.54) is 24.8 Å². The van der Waals surface area contributed by atoms with Crippen LogP contribution in [0, 0.1) is 5.92 Å². The predicted octanol–water partition coefficient (Wildman–Crippen LogP) is 3.66. The highest BCUT2D eigenvalue weighted by Crippen LogP contribution is 2.25. The summed E-state index contributed by atoms with van der Waals surface area (Å²) < 4.78 is 10.7. The molecule has 0 amide bonds. The van der Waals surface area contributed by atoms with E-state index < -0.39 is 0 Å². The summed E-state index contributed by atoms with van der Waals surface area (Å²) in [5, 5.41) is 3.48. The van der Waals surface area contributed by atoms with Gasteiger partial charge in [-0.2, -0.15) is 0 Å². The number of rotatable bonds is 10. The van der Waals surface area contributed by atoms with Crippen molar-refractivity contribution in [2.24, 2.45) is 5.92 Å². The standard InChI is InChI=1S/C17H29NO2/c1-14(2)13-18-11-7-5-6-8-15-12-16(19-3)9-10-17(15)20-4/h9-10,12,14,18H,5-8,11,13H2,1-4H3. The maximum Gasteiger partial charge on any atom is 0.122 e. The first-order valence-corrected chi connectivity index (χ1v) is 7.59. The summed E-state index contributed by atoms with van der Waals surface area (Å²) >= 11 is 0. The average molecular weight is 279 g/mol. The molecule has 3 heteroatoms. The quantitative estimate of drug-likeness (QED) is 0.663. The van der Waals surface area contributed by atoms with Gasteiger partial charge in [0.15, 0.2) is 0 Å². The van der Waals surface area contributed by atoms with Gasteiger partial charge >= 0.3 is 0 Å². The molecule has 0 atom stereocenters. The average Bonchev–Trinajstić information content (AvgIpc) is 2.45. The van der Waals surface area contributed by atoms with Gasteiger partial charge < -0.3 is 14.8 Å². The molecule has 0 aliphatic rings. The van der Waals surface area contributed by atoms with Crippen molar-refractivity contribution in [1.29, 1.82) is 0 Å². The van der Waals surface area contributed by atoms with Gasteiger partial charge in [0.2, 0.25) is 0 Å². The van der Waals surface area contributed by atoms with Crippen molar-refractivity contribution in [2.75, 3.05) is 27.3 Å². The minimum atomic E-state index is 0.732. The Morgan fingerprint density at radius 3 is 2.50 bits per heavy atom. The Morgan fingerprint density at radius 2 is 1.85 bits per heavy atom. The van der Waals surface area contributed by atoms with E-state index in [4.69, 9.17) is 9.47 Å². The topological polar surface area (TPSA) is 30.5 Å². The van der Waals surface area contributed by atoms with Gasteiger partial charge in [-0.15, -0.1) is 0 Å². The zero-order chi connectivity index (χ0) is 14.8. The minimum absolute atomic E-state index is 0.732. The van der Waals surface area contributed by atoms with Crippen molar-refractivity contribution in [3.05, 3.63) is 23.8 Å². The van der Waals surface area contributed by atoms with E-state index in [1.54, 1.807) is 14.2 Å². The summed E-state index contributed by atoms with van der Waals surface area (Å²) in [5.41, 5.74) is 1.24. The highest BCUT2D eigenvalue weighted by molar-refractivity contribution is 5.40. The molecule has 114 valence electrons. The smallest absolute Gasteiger partial charge is 0.122 e. The molecule has 3 nitrogen and oxygen atoms in total. The lowest BCUT2D eigenvalue weighted by Crippen LogP contribution is -2.20. The number of nitrogens with one attached hydrogen (secondary N) is 1. The van der Waals surface area contributed by atoms with Gasteiger partial charge in [0.05, 0.1) is 14.2 Å². The number of aryl methyl sites for hydroxylation is 1. The molecule has 0 heterocycles. The lowest BCUT2D eigenvalue weighted by atomic mass is 10.1. The van der Waals surface area contributed by atoms with Crippen molar-refractivity contribution >= 4 is 0 Å². The molecule has 0 aliphatic heterocycles. The van der Waals surface area contributed by atoms with Crippen molar-refractivity contribution in [2.45, 2.75) is 39.5 Å². The number of hydrogen-bond acceptors (Lipinski definition) is 3. The van der Waals surface area contributed by atoms with E-state index in [2.05, 4.69) is 25.2 Å². The van der Waals surface area contributed by atoms with Crippen molar-refractivity contribution in [1.82, 2.24) is 5.32 Å². The fraction of sp³-hybridized carbons (Fsp3) is 0.647. The maximum atomic E-state index is 5.40. The third-order valence-electron chi connectivity index (χ3n) is 3.34. The van der Waals surface area contributed by atoms with Gasteiger partial charge in [-0.05, 0) is 62.0 Å². The normalized spacial score (nSPS) is 10.8. The minimum Gasteiger partial charge on any atom is -0.497 e. The Kier molecular flexibility index (Phi) is 8.12. The fourth-order valence-corrected chi connectivity index (χ4v) is 2.21. The molecular weight excluding hydrogens is 250 g/mol. The van der Waals surface area contributed by atoms with Crippen molar-refractivity contribution in [3.8, 4) is 11.5 Å². The maximum absolute atomic E-state index is 5.40. The van der Waals surface area contributed by atoms with Crippen LogP contribution in [0.25, 0.3) is 0 Å². The second-order valence-electron chi connectivity index (χ2n) is 5.59. The summed E-state index contributed by atoms with van der Waals surface area (Å²) in [5.74, 6) is 2.60. The summed E-state index contributed by atoms with van der Waals surface area (Å²) in [7, 11) is 3.42. The molecule has 0 aliphatic carbocycles. The second kappa shape index (κ2) is 9.65. The third-order valence-corrected chi connectivity index (χ3v) is 3.34. The molecule has 0 unspecified atom stereocenters. The van der Waals surface area contributed by atoms with Crippen LogP contribution in [0.15, 0.2) is 18.2 Å². The van der Waals surface area contributed by atoms with Crippen LogP contribution in [0.4, 0.5) is 0 Å². The molecule has 20 heavy (non-hydrogen) atoms. The van der Waals surface area contributed by atoms with Crippen molar-refractivity contribution in [3.63, 3.8) is 0 Å². The van der Waals surface area contributed by atoms with Crippen LogP contribution in [0.1, 0.15) is 38.7 Å². The van der Waals surface area contributed by atoms with Crippen LogP contribution in [0.5, 0.6) is 11.5 Å². The van der Waals surface area contributed by atoms with Gasteiger partial charge in [-0.25, -0.2) is 0 Å². The first kappa shape index (κ1) is 16.8. The molecule has 1 N–H and O–H groups in total. The van der Waals surface area contributed by atoms with Crippen LogP contribution >= 0.6 is 0 Å². The summed E-state index contributed by atoms with van der Waals surface area (Å²) in [6.07, 6.45) is 4.71. The van der Waals surface area contributed by atoms with Gasteiger partial charge in [0, 0.05) is 0 Å². The SMILES string of the molecule is COc1ccc(OC)c(CCCCCNCC(C)C)c1. The molecule has 1 aromatic carbocycles. The molecule has 0 radical (unpaired) electrons. The molecular formula is C17H29NO2. The van der Waals surface area contributed by atoms with Gasteiger partial charge in [-0.3, -0.25) is 0 Å². The van der Waals surface area contributed by atoms with E-state index in [0.29, 0.717) is 0 Å². The molecule has 0 saturated heterocycles. The summed E-state index contributed by atoms with van der Waals surface area (Å²) in [4.78, 5) is 0. The predicted molar refractivity (Wildman–Crippen MR) is 84.8 cm³/mol. The molecule has 0 bridgehead atoms. The molecule has 0 spiro atoms. The Labute approximate surface area is 123 Å². The monoisotopic (exact) mass is 279 g/mol. The lowest BCUT2D eigenvalue weighted by molar-refractivity contribution is 0.398. The van der Waals surface area contributed by atoms with E-state index in [1.807, 2.05) is 12.1 Å². The van der Waals surface area contributed by atoms with Crippen LogP contribution in [0.3, 0.4) is 0 Å². The van der Waals surface area contributed by atoms with Gasteiger partial charge in [-0.1, -0.05) is 20.3 Å². The number of unbranched alkanes of at least 4 members (excludes halogenated alkanes) is 2. The Hall–Kier alpha value is -1.22. The van der Waals surface area contributed by atoms with E-state index in [9.17, 15) is 0 Å². The summed E-state index contributed by atoms with van der Waals surface area (Å²) in [6, 6.07) is 6.01. The van der Waals surface area contributed by atoms with Gasteiger partial charge in [0.25, 0.3) is 0 Å². The largest absolute Gasteiger partial charge is 0.497 e. The molecule has 1 aromatic rings. The van der Waals surface area contributed by atoms with Crippen LogP contribution in [0.2, 0.25) is 0 Å². The molecule has 0 saturated carbocycles. The molecule has 0 fully saturated rings. The number of methoxy groups -OCH3 is 2. The fourth-order valence-electron chi connectivity index (χ4n) is 2.21. The zero-order valence-electron chi connectivity index (χ0n) is 13.4. The molecule has 1 rings (SSSR count). The van der Waals surface area contributed by atoms with Crippen LogP contribution < -0.4 is 14.8 Å². The zero-order valence-corrected chi connectivity index (χ0v) is 13.4. The van der Waals surface area contributed by atoms with E-state index >= 15 is 0 Å². The van der Waals surface area contributed by atoms with E-state index in [0.717, 1.165) is 36.9 Å².